The zero-order valence-corrected chi connectivity index (χ0v) is 12.5. The first-order valence-electron chi connectivity index (χ1n) is 6.28. The third kappa shape index (κ3) is 4.12. The number of rotatable bonds is 6. The smallest absolute Gasteiger partial charge is 0.303 e. The normalized spacial score (nSPS) is 11.8. The monoisotopic (exact) mass is 295 g/mol. The number of carboxylic acids is 1. The van der Waals surface area contributed by atoms with Crippen molar-refractivity contribution >= 4 is 17.3 Å². The average Bonchev–Trinajstić information content (AvgIpc) is 2.86. The van der Waals surface area contributed by atoms with Crippen molar-refractivity contribution in [1.29, 1.82) is 0 Å². The lowest BCUT2D eigenvalue weighted by Gasteiger charge is -2.19. The molecule has 0 unspecified atom stereocenters. The van der Waals surface area contributed by atoms with Gasteiger partial charge in [0.1, 0.15) is 0 Å². The lowest BCUT2D eigenvalue weighted by atomic mass is 9.86. The Morgan fingerprint density at radius 3 is 2.80 bits per heavy atom. The molecule has 0 aliphatic heterocycles. The number of aromatic nitrogens is 3. The van der Waals surface area contributed by atoms with Crippen molar-refractivity contribution in [2.75, 3.05) is 0 Å². The minimum absolute atomic E-state index is 0.0655. The average molecular weight is 295 g/mol. The summed E-state index contributed by atoms with van der Waals surface area (Å²) < 4.78 is 5.18. The van der Waals surface area contributed by atoms with E-state index in [1.54, 1.807) is 11.3 Å². The Morgan fingerprint density at radius 1 is 1.45 bits per heavy atom. The van der Waals surface area contributed by atoms with Crippen molar-refractivity contribution in [3.8, 4) is 0 Å². The summed E-state index contributed by atoms with van der Waals surface area (Å²) in [5.74, 6) is 0.224. The van der Waals surface area contributed by atoms with Crippen LogP contribution in [0.4, 0.5) is 0 Å². The number of nitrogens with zero attached hydrogens (tertiary/aromatic N) is 3. The first kappa shape index (κ1) is 14.6. The fraction of sp³-hybridized carbons (Fsp3) is 0.538. The molecule has 0 aliphatic rings. The van der Waals surface area contributed by atoms with Gasteiger partial charge in [-0.3, -0.25) is 4.79 Å². The van der Waals surface area contributed by atoms with Crippen molar-refractivity contribution in [3.63, 3.8) is 0 Å². The molecule has 0 radical (unpaired) electrons. The van der Waals surface area contributed by atoms with Crippen LogP contribution in [-0.2, 0) is 17.6 Å². The van der Waals surface area contributed by atoms with Crippen LogP contribution in [0.5, 0.6) is 0 Å². The van der Waals surface area contributed by atoms with E-state index in [-0.39, 0.29) is 6.42 Å². The van der Waals surface area contributed by atoms with Gasteiger partial charge in [0.05, 0.1) is 23.5 Å². The number of hydrogen-bond acceptors (Lipinski definition) is 6. The van der Waals surface area contributed by atoms with Gasteiger partial charge in [-0.1, -0.05) is 19.0 Å². The Bertz CT molecular complexity index is 604. The van der Waals surface area contributed by atoms with Crippen LogP contribution in [0.2, 0.25) is 0 Å². The summed E-state index contributed by atoms with van der Waals surface area (Å²) in [6.45, 7) is 5.69. The van der Waals surface area contributed by atoms with E-state index in [4.69, 9.17) is 9.63 Å². The summed E-state index contributed by atoms with van der Waals surface area (Å²) in [6, 6.07) is 0. The third-order valence-electron chi connectivity index (χ3n) is 2.78. The second kappa shape index (κ2) is 5.70. The van der Waals surface area contributed by atoms with E-state index >= 15 is 0 Å². The Morgan fingerprint density at radius 2 is 2.20 bits per heavy atom. The van der Waals surface area contributed by atoms with E-state index in [0.29, 0.717) is 24.6 Å². The van der Waals surface area contributed by atoms with E-state index in [1.165, 1.54) is 0 Å². The quantitative estimate of drug-likeness (QED) is 0.880. The molecule has 1 N–H and O–H groups in total. The van der Waals surface area contributed by atoms with Crippen LogP contribution in [-0.4, -0.2) is 26.2 Å². The second-order valence-electron chi connectivity index (χ2n) is 5.55. The topological polar surface area (TPSA) is 89.1 Å². The van der Waals surface area contributed by atoms with Crippen molar-refractivity contribution < 1.29 is 14.4 Å². The molecule has 0 fully saturated rings. The summed E-state index contributed by atoms with van der Waals surface area (Å²) in [7, 11) is 0. The summed E-state index contributed by atoms with van der Waals surface area (Å²) in [5, 5.41) is 15.7. The highest BCUT2D eigenvalue weighted by atomic mass is 32.1. The molecular formula is C13H17N3O3S. The fourth-order valence-corrected chi connectivity index (χ4v) is 2.58. The van der Waals surface area contributed by atoms with Crippen LogP contribution in [0, 0.1) is 12.3 Å². The molecule has 2 aromatic rings. The maximum absolute atomic E-state index is 10.8. The zero-order valence-electron chi connectivity index (χ0n) is 11.7. The predicted octanol–water partition coefficient (Wildman–Crippen LogP) is 2.47. The van der Waals surface area contributed by atoms with Crippen molar-refractivity contribution in [2.45, 2.75) is 40.0 Å². The van der Waals surface area contributed by atoms with Gasteiger partial charge in [0, 0.05) is 11.8 Å². The molecule has 0 amide bonds. The number of aliphatic carboxylic acids is 1. The first-order valence-corrected chi connectivity index (χ1v) is 7.16. The molecule has 2 heterocycles. The third-order valence-corrected chi connectivity index (χ3v) is 3.60. The van der Waals surface area contributed by atoms with Crippen molar-refractivity contribution in [1.82, 2.24) is 15.1 Å². The van der Waals surface area contributed by atoms with E-state index < -0.39 is 11.4 Å². The Kier molecular flexibility index (Phi) is 4.17. The van der Waals surface area contributed by atoms with Crippen LogP contribution < -0.4 is 0 Å². The molecule has 0 spiro atoms. The van der Waals surface area contributed by atoms with Gasteiger partial charge in [-0.05, 0) is 12.3 Å². The molecule has 0 bridgehead atoms. The van der Waals surface area contributed by atoms with Crippen LogP contribution >= 0.6 is 11.3 Å². The second-order valence-corrected chi connectivity index (χ2v) is 6.61. The zero-order chi connectivity index (χ0) is 14.8. The Balaban J connectivity index is 2.00. The van der Waals surface area contributed by atoms with Crippen LogP contribution in [0.15, 0.2) is 9.90 Å². The highest BCUT2D eigenvalue weighted by molar-refractivity contribution is 7.09. The van der Waals surface area contributed by atoms with Crippen molar-refractivity contribution in [3.05, 3.63) is 27.8 Å². The standard InChI is InChI=1S/C13H17N3O3S/c1-8-14-9(7-20-8)4-10-15-11(19-16-10)5-13(2,3)6-12(17)18/h7H,4-6H2,1-3H3,(H,17,18). The SMILES string of the molecule is Cc1nc(Cc2noc(CC(C)(C)CC(=O)O)n2)cs1. The van der Waals surface area contributed by atoms with Gasteiger partial charge in [0.15, 0.2) is 5.82 Å². The van der Waals surface area contributed by atoms with Gasteiger partial charge >= 0.3 is 5.97 Å². The lowest BCUT2D eigenvalue weighted by molar-refractivity contribution is -0.139. The number of thiazole rings is 1. The van der Waals surface area contributed by atoms with E-state index in [9.17, 15) is 4.79 Å². The van der Waals surface area contributed by atoms with Gasteiger partial charge < -0.3 is 9.63 Å². The van der Waals surface area contributed by atoms with Crippen LogP contribution in [0.3, 0.4) is 0 Å². The minimum atomic E-state index is -0.826. The molecule has 0 saturated heterocycles. The van der Waals surface area contributed by atoms with E-state index in [1.807, 2.05) is 26.2 Å². The van der Waals surface area contributed by atoms with Crippen LogP contribution in [0.1, 0.15) is 42.7 Å². The van der Waals surface area contributed by atoms with Crippen molar-refractivity contribution in [2.24, 2.45) is 5.41 Å². The fourth-order valence-electron chi connectivity index (χ4n) is 1.97. The van der Waals surface area contributed by atoms with E-state index in [2.05, 4.69) is 15.1 Å². The number of aryl methyl sites for hydroxylation is 1. The minimum Gasteiger partial charge on any atom is -0.481 e. The molecule has 108 valence electrons. The lowest BCUT2D eigenvalue weighted by Crippen LogP contribution is -2.19. The summed E-state index contributed by atoms with van der Waals surface area (Å²) in [4.78, 5) is 19.4. The molecule has 20 heavy (non-hydrogen) atoms. The molecule has 0 aliphatic carbocycles. The van der Waals surface area contributed by atoms with E-state index in [0.717, 1.165) is 10.7 Å². The summed E-state index contributed by atoms with van der Waals surface area (Å²) in [6.07, 6.45) is 1.05. The van der Waals surface area contributed by atoms with Gasteiger partial charge in [0.25, 0.3) is 0 Å². The summed E-state index contributed by atoms with van der Waals surface area (Å²) in [5.41, 5.74) is 0.511. The van der Waals surface area contributed by atoms with Gasteiger partial charge in [-0.25, -0.2) is 4.98 Å². The van der Waals surface area contributed by atoms with Gasteiger partial charge in [0.2, 0.25) is 5.89 Å². The highest BCUT2D eigenvalue weighted by Crippen LogP contribution is 2.25. The first-order chi connectivity index (χ1) is 9.34. The molecule has 2 aromatic heterocycles. The van der Waals surface area contributed by atoms with Crippen LogP contribution in [0.25, 0.3) is 0 Å². The number of hydrogen-bond donors (Lipinski definition) is 1. The molecular weight excluding hydrogens is 278 g/mol. The number of carboxylic acid groups (broad SMARTS) is 1. The molecule has 0 aromatic carbocycles. The Hall–Kier alpha value is -1.76. The molecule has 0 atom stereocenters. The molecule has 7 heteroatoms. The number of carbonyl (C=O) groups is 1. The largest absolute Gasteiger partial charge is 0.481 e. The predicted molar refractivity (Wildman–Crippen MR) is 73.7 cm³/mol. The van der Waals surface area contributed by atoms with Gasteiger partial charge in [-0.2, -0.15) is 4.98 Å². The summed E-state index contributed by atoms with van der Waals surface area (Å²) >= 11 is 1.58. The molecule has 6 nitrogen and oxygen atoms in total. The highest BCUT2D eigenvalue weighted by Gasteiger charge is 2.25. The Labute approximate surface area is 120 Å². The maximum atomic E-state index is 10.8. The van der Waals surface area contributed by atoms with Gasteiger partial charge in [-0.15, -0.1) is 11.3 Å². The molecule has 2 rings (SSSR count). The maximum Gasteiger partial charge on any atom is 0.303 e. The molecule has 0 saturated carbocycles.